The van der Waals surface area contributed by atoms with Crippen LogP contribution in [0.15, 0.2) is 18.2 Å². The summed E-state index contributed by atoms with van der Waals surface area (Å²) in [5.74, 6) is -4.85. The van der Waals surface area contributed by atoms with Crippen molar-refractivity contribution in [1.29, 1.82) is 0 Å². The first kappa shape index (κ1) is 15.0. The highest BCUT2D eigenvalue weighted by molar-refractivity contribution is 6.23. The number of halogens is 3. The number of imide groups is 1. The molecule has 1 aromatic rings. The lowest BCUT2D eigenvalue weighted by molar-refractivity contribution is -0.219. The molecule has 0 spiro atoms. The van der Waals surface area contributed by atoms with Crippen LogP contribution >= 0.6 is 0 Å². The van der Waals surface area contributed by atoms with Crippen LogP contribution in [0.4, 0.5) is 13.2 Å². The van der Waals surface area contributed by atoms with Crippen LogP contribution in [0, 0.1) is 6.92 Å². The van der Waals surface area contributed by atoms with Gasteiger partial charge in [-0.3, -0.25) is 9.59 Å². The van der Waals surface area contributed by atoms with Crippen molar-refractivity contribution in [2.75, 3.05) is 0 Å². The number of alkyl halides is 3. The van der Waals surface area contributed by atoms with Gasteiger partial charge in [-0.2, -0.15) is 13.2 Å². The van der Waals surface area contributed by atoms with Gasteiger partial charge in [0.2, 0.25) is 5.54 Å². The van der Waals surface area contributed by atoms with E-state index in [1.807, 2.05) is 0 Å². The van der Waals surface area contributed by atoms with Crippen LogP contribution in [0.5, 0.6) is 0 Å². The first-order chi connectivity index (χ1) is 9.51. The van der Waals surface area contributed by atoms with Gasteiger partial charge in [-0.1, -0.05) is 11.6 Å². The molecule has 0 saturated carbocycles. The van der Waals surface area contributed by atoms with Crippen LogP contribution in [0.25, 0.3) is 0 Å². The van der Waals surface area contributed by atoms with Crippen molar-refractivity contribution < 1.29 is 32.7 Å². The first-order valence-corrected chi connectivity index (χ1v) is 5.81. The van der Waals surface area contributed by atoms with E-state index in [0.717, 1.165) is 0 Å². The second-order valence-corrected chi connectivity index (χ2v) is 4.87. The number of hydrogen-bond donors (Lipinski definition) is 1. The first-order valence-electron chi connectivity index (χ1n) is 5.81. The maximum Gasteiger partial charge on any atom is 0.422 e. The molecule has 0 bridgehead atoms. The Balaban J connectivity index is 2.65. The topological polar surface area (TPSA) is 74.7 Å². The van der Waals surface area contributed by atoms with Crippen molar-refractivity contribution in [2.24, 2.45) is 0 Å². The summed E-state index contributed by atoms with van der Waals surface area (Å²) in [5, 5.41) is 8.93. The minimum Gasteiger partial charge on any atom is -0.479 e. The molecule has 1 N–H and O–H groups in total. The standard InChI is InChI=1S/C13H10F3NO4/c1-6-3-4-7-8(5-6)10(19)17(9(7)18)12(2,11(20)21)13(14,15)16/h3-5H,1-2H3,(H,20,21). The van der Waals surface area contributed by atoms with Crippen LogP contribution in [0.3, 0.4) is 0 Å². The molecular formula is C13H10F3NO4. The fraction of sp³-hybridized carbons (Fsp3) is 0.308. The maximum atomic E-state index is 13.1. The molecule has 2 amide bonds. The molecule has 21 heavy (non-hydrogen) atoms. The molecule has 1 aromatic carbocycles. The molecule has 1 aliphatic heterocycles. The normalized spacial score (nSPS) is 17.7. The summed E-state index contributed by atoms with van der Waals surface area (Å²) >= 11 is 0. The number of aliphatic carboxylic acids is 1. The van der Waals surface area contributed by atoms with Gasteiger partial charge in [-0.05, 0) is 26.0 Å². The van der Waals surface area contributed by atoms with Gasteiger partial charge in [0.25, 0.3) is 11.8 Å². The van der Waals surface area contributed by atoms with E-state index in [0.29, 0.717) is 12.5 Å². The van der Waals surface area contributed by atoms with E-state index in [4.69, 9.17) is 5.11 Å². The molecule has 0 saturated heterocycles. The lowest BCUT2D eigenvalue weighted by atomic mass is 9.99. The number of hydrogen-bond acceptors (Lipinski definition) is 3. The molecule has 1 heterocycles. The molecule has 1 unspecified atom stereocenters. The summed E-state index contributed by atoms with van der Waals surface area (Å²) in [4.78, 5) is 35.0. The summed E-state index contributed by atoms with van der Waals surface area (Å²) in [6, 6.07) is 3.93. The Labute approximate surface area is 117 Å². The molecule has 5 nitrogen and oxygen atoms in total. The van der Waals surface area contributed by atoms with Gasteiger partial charge in [0, 0.05) is 0 Å². The van der Waals surface area contributed by atoms with Crippen LogP contribution < -0.4 is 0 Å². The largest absolute Gasteiger partial charge is 0.479 e. The average molecular weight is 301 g/mol. The zero-order chi connectivity index (χ0) is 16.2. The molecular weight excluding hydrogens is 291 g/mol. The Hall–Kier alpha value is -2.38. The van der Waals surface area contributed by atoms with Crippen molar-refractivity contribution >= 4 is 17.8 Å². The Bertz CT molecular complexity index is 668. The molecule has 0 aromatic heterocycles. The number of carbonyl (C=O) groups excluding carboxylic acids is 2. The third kappa shape index (κ3) is 1.90. The number of carboxylic acid groups (broad SMARTS) is 1. The summed E-state index contributed by atoms with van der Waals surface area (Å²) in [7, 11) is 0. The van der Waals surface area contributed by atoms with E-state index < -0.39 is 29.5 Å². The quantitative estimate of drug-likeness (QED) is 0.848. The monoisotopic (exact) mass is 301 g/mol. The van der Waals surface area contributed by atoms with Crippen LogP contribution in [-0.4, -0.2) is 39.5 Å². The van der Waals surface area contributed by atoms with E-state index >= 15 is 0 Å². The minimum absolute atomic E-state index is 0.225. The van der Waals surface area contributed by atoms with E-state index in [1.54, 1.807) is 6.92 Å². The van der Waals surface area contributed by atoms with Gasteiger partial charge in [-0.15, -0.1) is 0 Å². The number of benzene rings is 1. The van der Waals surface area contributed by atoms with Gasteiger partial charge in [-0.25, -0.2) is 9.69 Å². The van der Waals surface area contributed by atoms with Crippen LogP contribution in [0.2, 0.25) is 0 Å². The summed E-state index contributed by atoms with van der Waals surface area (Å²) in [6.45, 7) is 1.89. The third-order valence-electron chi connectivity index (χ3n) is 3.46. The Morgan fingerprint density at radius 2 is 1.67 bits per heavy atom. The molecule has 2 rings (SSSR count). The van der Waals surface area contributed by atoms with Crippen molar-refractivity contribution in [3.05, 3.63) is 34.9 Å². The summed E-state index contributed by atoms with van der Waals surface area (Å²) in [5.41, 5.74) is -3.51. The van der Waals surface area contributed by atoms with Gasteiger partial charge >= 0.3 is 12.1 Å². The number of rotatable bonds is 2. The van der Waals surface area contributed by atoms with Crippen LogP contribution in [0.1, 0.15) is 33.2 Å². The Morgan fingerprint density at radius 1 is 1.14 bits per heavy atom. The summed E-state index contributed by atoms with van der Waals surface area (Å²) in [6.07, 6.45) is -5.30. The van der Waals surface area contributed by atoms with Gasteiger partial charge < -0.3 is 5.11 Å². The highest BCUT2D eigenvalue weighted by Crippen LogP contribution is 2.40. The highest BCUT2D eigenvalue weighted by Gasteiger charge is 2.66. The van der Waals surface area contributed by atoms with Crippen molar-refractivity contribution in [2.45, 2.75) is 25.6 Å². The summed E-state index contributed by atoms with van der Waals surface area (Å²) < 4.78 is 39.4. The van der Waals surface area contributed by atoms with Crippen molar-refractivity contribution in [3.63, 3.8) is 0 Å². The zero-order valence-electron chi connectivity index (χ0n) is 11.0. The molecule has 8 heteroatoms. The fourth-order valence-corrected chi connectivity index (χ4v) is 2.10. The van der Waals surface area contributed by atoms with E-state index in [-0.39, 0.29) is 16.0 Å². The Morgan fingerprint density at radius 3 is 2.14 bits per heavy atom. The number of amides is 2. The third-order valence-corrected chi connectivity index (χ3v) is 3.46. The van der Waals surface area contributed by atoms with E-state index in [1.165, 1.54) is 18.2 Å². The number of fused-ring (bicyclic) bond motifs is 1. The SMILES string of the molecule is Cc1ccc2c(c1)C(=O)N(C(C)(C(=O)O)C(F)(F)F)C2=O. The second-order valence-electron chi connectivity index (χ2n) is 4.87. The van der Waals surface area contributed by atoms with E-state index in [9.17, 15) is 27.6 Å². The fourth-order valence-electron chi connectivity index (χ4n) is 2.10. The maximum absolute atomic E-state index is 13.1. The zero-order valence-corrected chi connectivity index (χ0v) is 11.0. The molecule has 1 aliphatic rings. The number of aryl methyl sites for hydroxylation is 1. The lowest BCUT2D eigenvalue weighted by Gasteiger charge is -2.34. The van der Waals surface area contributed by atoms with Crippen LogP contribution in [-0.2, 0) is 4.79 Å². The molecule has 0 aliphatic carbocycles. The molecule has 0 radical (unpaired) electrons. The second kappa shape index (κ2) is 4.31. The highest BCUT2D eigenvalue weighted by atomic mass is 19.4. The molecule has 1 atom stereocenters. The smallest absolute Gasteiger partial charge is 0.422 e. The van der Waals surface area contributed by atoms with Gasteiger partial charge in [0.05, 0.1) is 11.1 Å². The molecule has 0 fully saturated rings. The Kier molecular flexibility index (Phi) is 3.08. The predicted molar refractivity (Wildman–Crippen MR) is 63.8 cm³/mol. The number of carboxylic acids is 1. The van der Waals surface area contributed by atoms with Crippen molar-refractivity contribution in [3.8, 4) is 0 Å². The van der Waals surface area contributed by atoms with Crippen molar-refractivity contribution in [1.82, 2.24) is 4.90 Å². The molecule has 112 valence electrons. The lowest BCUT2D eigenvalue weighted by Crippen LogP contribution is -2.63. The number of nitrogens with zero attached hydrogens (tertiary/aromatic N) is 1. The van der Waals surface area contributed by atoms with E-state index in [2.05, 4.69) is 0 Å². The predicted octanol–water partition coefficient (Wildman–Crippen LogP) is 2.00. The number of carbonyl (C=O) groups is 3. The van der Waals surface area contributed by atoms with Gasteiger partial charge in [0.1, 0.15) is 0 Å². The average Bonchev–Trinajstić information content (AvgIpc) is 2.59. The minimum atomic E-state index is -5.30. The van der Waals surface area contributed by atoms with Gasteiger partial charge in [0.15, 0.2) is 0 Å².